The van der Waals surface area contributed by atoms with Gasteiger partial charge in [-0.1, -0.05) is 193 Å². The van der Waals surface area contributed by atoms with Crippen LogP contribution in [0.3, 0.4) is 0 Å². The van der Waals surface area contributed by atoms with E-state index in [2.05, 4.69) is 282 Å². The van der Waals surface area contributed by atoms with Crippen molar-refractivity contribution in [1.29, 1.82) is 0 Å². The first-order valence-electron chi connectivity index (χ1n) is 26.9. The summed E-state index contributed by atoms with van der Waals surface area (Å²) in [5.41, 5.74) is 17.5. The third kappa shape index (κ3) is 10.7. The summed E-state index contributed by atoms with van der Waals surface area (Å²) < 4.78 is 9.27. The van der Waals surface area contributed by atoms with Crippen molar-refractivity contribution in [3.63, 3.8) is 0 Å². The Hall–Kier alpha value is -6.68. The average Bonchev–Trinajstić information content (AvgIpc) is 4.02. The van der Waals surface area contributed by atoms with E-state index in [1.807, 2.05) is 12.3 Å². The van der Waals surface area contributed by atoms with Crippen LogP contribution >= 0.6 is 0 Å². The molecule has 0 N–H and O–H groups in total. The number of benzene rings is 7. The molecule has 9 aromatic rings. The molecule has 0 aliphatic carbocycles. The normalized spacial score (nSPS) is 13.2. The Labute approximate surface area is 467 Å². The van der Waals surface area contributed by atoms with Gasteiger partial charge in [-0.2, -0.15) is 6.07 Å². The summed E-state index contributed by atoms with van der Waals surface area (Å²) in [6.07, 6.45) is 6.21. The van der Waals surface area contributed by atoms with Crippen molar-refractivity contribution < 1.29 is 25.8 Å². The third-order valence-corrected chi connectivity index (χ3v) is 15.3. The largest absolute Gasteiger partial charge is 0.509 e. The monoisotopic (exact) mass is 1180 g/mol. The molecular formula is C70H73N4OPt-3. The van der Waals surface area contributed by atoms with Crippen LogP contribution in [-0.2, 0) is 37.3 Å². The van der Waals surface area contributed by atoms with Crippen molar-refractivity contribution in [2.45, 2.75) is 131 Å². The number of rotatable bonds is 12. The van der Waals surface area contributed by atoms with Crippen molar-refractivity contribution in [2.24, 2.45) is 0 Å². The van der Waals surface area contributed by atoms with Gasteiger partial charge in [0.25, 0.3) is 0 Å². The molecule has 0 unspecified atom stereocenters. The number of ether oxygens (including phenoxy) is 1. The van der Waals surface area contributed by atoms with Gasteiger partial charge >= 0.3 is 0 Å². The number of fused-ring (bicyclic) bond motifs is 3. The smallest absolute Gasteiger partial charge is 0.136 e. The molecule has 5 nitrogen and oxygen atoms in total. The summed E-state index contributed by atoms with van der Waals surface area (Å²) in [6, 6.07) is 60.5. The molecule has 0 atom stereocenters. The van der Waals surface area contributed by atoms with E-state index in [1.165, 1.54) is 44.5 Å². The fourth-order valence-corrected chi connectivity index (χ4v) is 10.5. The van der Waals surface area contributed by atoms with E-state index in [0.717, 1.165) is 55.7 Å². The van der Waals surface area contributed by atoms with Crippen LogP contribution in [0.1, 0.15) is 154 Å². The van der Waals surface area contributed by atoms with Crippen LogP contribution in [0.25, 0.3) is 49.9 Å². The molecule has 7 aromatic carbocycles. The molecule has 1 aliphatic heterocycles. The molecule has 10 rings (SSSR count). The molecule has 0 radical (unpaired) electrons. The van der Waals surface area contributed by atoms with Crippen LogP contribution in [0.15, 0.2) is 164 Å². The van der Waals surface area contributed by atoms with Crippen LogP contribution in [0, 0.1) is 18.8 Å². The van der Waals surface area contributed by atoms with E-state index in [0.29, 0.717) is 29.3 Å². The second-order valence-electron chi connectivity index (χ2n) is 24.2. The van der Waals surface area contributed by atoms with Gasteiger partial charge in [0.1, 0.15) is 5.82 Å². The Balaban J connectivity index is 0.00000706. The number of pyridine rings is 1. The molecule has 0 fully saturated rings. The van der Waals surface area contributed by atoms with Gasteiger partial charge in [-0.15, -0.1) is 53.6 Å². The quantitative estimate of drug-likeness (QED) is 0.114. The van der Waals surface area contributed by atoms with Gasteiger partial charge in [-0.3, -0.25) is 0 Å². The predicted octanol–water partition coefficient (Wildman–Crippen LogP) is 19.1. The number of hydrogen-bond acceptors (Lipinski definition) is 4. The van der Waals surface area contributed by atoms with Gasteiger partial charge in [0.15, 0.2) is 0 Å². The van der Waals surface area contributed by atoms with Crippen molar-refractivity contribution in [3.05, 3.63) is 222 Å². The van der Waals surface area contributed by atoms with E-state index in [-0.39, 0.29) is 37.3 Å². The number of nitrogens with zero attached hydrogens (tertiary/aromatic N) is 4. The van der Waals surface area contributed by atoms with Gasteiger partial charge < -0.3 is 19.1 Å². The molecule has 0 saturated heterocycles. The standard InChI is InChI=1S/C70H73N4O.Pt/c1-45(2)50-35-62(46(3)4)67(63(36-50)47(5)6)49-29-30-71-66(37-49)74-64-41-53(70(13,14)52-23-19-16-20-24-52)25-27-60(64)61-28-26-58(43-65(61)74)75-59-34-51(48-21-17-15-18-22-48)33-56(42-59)72-31-32-73(44-72)57-39-54(68(7,8)9)38-55(40-57)69(10,11)12;/h15-41,44-47H,1-14H3;/q-3;. The molecule has 6 heteroatoms. The SMILES string of the molecule is CC(C)c1cc(C(C)C)c(-c2ccnc(-n3c4[c-]c(Oc5[c-]c(N6C=CN(c7cc(C(C)(C)C)cc(C(C)(C)C)c7)[CH-]6)cc(-c6ccccc6)c5)ccc4c4ccc(C(C)(C)c5ccccc5)cc43)c2)c(C(C)C)c1.[Pt]. The Morgan fingerprint density at radius 1 is 0.513 bits per heavy atom. The first-order chi connectivity index (χ1) is 35.6. The van der Waals surface area contributed by atoms with Crippen molar-refractivity contribution in [2.75, 3.05) is 9.80 Å². The molecule has 0 spiro atoms. The minimum Gasteiger partial charge on any atom is -0.509 e. The first kappa shape index (κ1) is 54.1. The molecule has 1 aliphatic rings. The molecule has 392 valence electrons. The van der Waals surface area contributed by atoms with E-state index in [1.54, 1.807) is 0 Å². The van der Waals surface area contributed by atoms with Gasteiger partial charge in [0.05, 0.1) is 0 Å². The minimum absolute atomic E-state index is 0. The maximum Gasteiger partial charge on any atom is 0.136 e. The molecule has 2 aromatic heterocycles. The maximum atomic E-state index is 6.97. The van der Waals surface area contributed by atoms with Crippen LogP contribution in [-0.4, -0.2) is 9.55 Å². The summed E-state index contributed by atoms with van der Waals surface area (Å²) in [5.74, 6) is 3.10. The zero-order chi connectivity index (χ0) is 53.1. The average molecular weight is 1180 g/mol. The van der Waals surface area contributed by atoms with Crippen molar-refractivity contribution in [3.8, 4) is 39.6 Å². The zero-order valence-corrected chi connectivity index (χ0v) is 49.2. The Bertz CT molecular complexity index is 3530. The fraction of sp³-hybridized carbons (Fsp3) is 0.286. The molecule has 0 amide bonds. The van der Waals surface area contributed by atoms with Crippen LogP contribution < -0.4 is 14.5 Å². The van der Waals surface area contributed by atoms with Gasteiger partial charge in [0, 0.05) is 55.4 Å². The van der Waals surface area contributed by atoms with Crippen molar-refractivity contribution >= 4 is 33.2 Å². The summed E-state index contributed by atoms with van der Waals surface area (Å²) in [5, 5.41) is 2.20. The van der Waals surface area contributed by atoms with Crippen LogP contribution in [0.2, 0.25) is 0 Å². The van der Waals surface area contributed by atoms with Crippen molar-refractivity contribution in [1.82, 2.24) is 9.55 Å². The summed E-state index contributed by atoms with van der Waals surface area (Å²) >= 11 is 0. The Morgan fingerprint density at radius 3 is 1.75 bits per heavy atom. The van der Waals surface area contributed by atoms with Crippen LogP contribution in [0.4, 0.5) is 11.4 Å². The van der Waals surface area contributed by atoms with Crippen LogP contribution in [0.5, 0.6) is 11.5 Å². The maximum absolute atomic E-state index is 6.97. The number of aromatic nitrogens is 2. The zero-order valence-electron chi connectivity index (χ0n) is 46.9. The first-order valence-corrected chi connectivity index (χ1v) is 26.9. The fourth-order valence-electron chi connectivity index (χ4n) is 10.5. The molecule has 0 saturated carbocycles. The second kappa shape index (κ2) is 21.0. The van der Waals surface area contributed by atoms with Gasteiger partial charge in [-0.05, 0) is 132 Å². The number of anilines is 2. The van der Waals surface area contributed by atoms with Gasteiger partial charge in [0.2, 0.25) is 0 Å². The molecular weight excluding hydrogens is 1110 g/mol. The third-order valence-electron chi connectivity index (χ3n) is 15.3. The minimum atomic E-state index is -0.261. The predicted molar refractivity (Wildman–Crippen MR) is 317 cm³/mol. The number of hydrogen-bond donors (Lipinski definition) is 0. The summed E-state index contributed by atoms with van der Waals surface area (Å²) in [6.45, 7) is 34.3. The summed E-state index contributed by atoms with van der Waals surface area (Å²) in [7, 11) is 0. The van der Waals surface area contributed by atoms with E-state index < -0.39 is 0 Å². The van der Waals surface area contributed by atoms with E-state index in [9.17, 15) is 0 Å². The Kier molecular flexibility index (Phi) is 15.0. The van der Waals surface area contributed by atoms with Gasteiger partial charge in [-0.25, -0.2) is 4.98 Å². The molecule has 0 bridgehead atoms. The Morgan fingerprint density at radius 2 is 1.13 bits per heavy atom. The topological polar surface area (TPSA) is 33.5 Å². The van der Waals surface area contributed by atoms with E-state index >= 15 is 0 Å². The summed E-state index contributed by atoms with van der Waals surface area (Å²) in [4.78, 5) is 9.54. The van der Waals surface area contributed by atoms with E-state index in [4.69, 9.17) is 9.72 Å². The molecule has 3 heterocycles. The molecule has 76 heavy (non-hydrogen) atoms. The second-order valence-corrected chi connectivity index (χ2v) is 24.2.